The first-order chi connectivity index (χ1) is 13.6. The molecule has 0 spiro atoms. The molecule has 1 saturated heterocycles. The van der Waals surface area contributed by atoms with Crippen molar-refractivity contribution in [2.24, 2.45) is 4.99 Å². The van der Waals surface area contributed by atoms with E-state index in [1.807, 2.05) is 12.1 Å². The Morgan fingerprint density at radius 1 is 1.17 bits per heavy atom. The van der Waals surface area contributed by atoms with E-state index < -0.39 is 10.0 Å². The number of nitrogens with zero attached hydrogens (tertiary/aromatic N) is 3. The maximum Gasteiger partial charge on any atom is 0.252 e. The fourth-order valence-electron chi connectivity index (χ4n) is 3.53. The Labute approximate surface area is 192 Å². The van der Waals surface area contributed by atoms with E-state index in [0.717, 1.165) is 23.8 Å². The Hall–Kier alpha value is -1.21. The second kappa shape index (κ2) is 9.73. The van der Waals surface area contributed by atoms with Gasteiger partial charge in [-0.2, -0.15) is 4.31 Å². The van der Waals surface area contributed by atoms with Crippen LogP contribution in [0.2, 0.25) is 0 Å². The number of benzene rings is 1. The van der Waals surface area contributed by atoms with E-state index in [1.54, 1.807) is 13.1 Å². The Bertz CT molecular complexity index is 971. The van der Waals surface area contributed by atoms with Gasteiger partial charge >= 0.3 is 0 Å². The molecule has 7 nitrogen and oxygen atoms in total. The first-order valence-electron chi connectivity index (χ1n) is 9.32. The predicted octanol–water partition coefficient (Wildman–Crippen LogP) is 2.53. The van der Waals surface area contributed by atoms with Crippen LogP contribution in [0.5, 0.6) is 0 Å². The van der Waals surface area contributed by atoms with E-state index in [-0.39, 0.29) is 24.0 Å². The van der Waals surface area contributed by atoms with Crippen molar-refractivity contribution in [2.75, 3.05) is 44.8 Å². The summed E-state index contributed by atoms with van der Waals surface area (Å²) < 4.78 is 32.7. The third-order valence-electron chi connectivity index (χ3n) is 4.98. The van der Waals surface area contributed by atoms with Gasteiger partial charge in [0.05, 0.1) is 19.8 Å². The van der Waals surface area contributed by atoms with E-state index >= 15 is 0 Å². The zero-order valence-corrected chi connectivity index (χ0v) is 20.2. The number of ether oxygens (including phenoxy) is 1. The highest BCUT2D eigenvalue weighted by atomic mass is 127. The van der Waals surface area contributed by atoms with E-state index in [4.69, 9.17) is 4.74 Å². The number of para-hydroxylation sites is 1. The second-order valence-electron chi connectivity index (χ2n) is 6.67. The van der Waals surface area contributed by atoms with E-state index in [9.17, 15) is 8.42 Å². The molecule has 158 valence electrons. The van der Waals surface area contributed by atoms with Gasteiger partial charge in [0.15, 0.2) is 5.96 Å². The molecular formula is C19H25IN4O3S2. The monoisotopic (exact) mass is 548 g/mol. The number of morpholine rings is 1. The van der Waals surface area contributed by atoms with Gasteiger partial charge in [-0.1, -0.05) is 18.2 Å². The average Bonchev–Trinajstić information content (AvgIpc) is 3.37. The van der Waals surface area contributed by atoms with Gasteiger partial charge in [-0.15, -0.1) is 35.3 Å². The number of sulfonamides is 1. The van der Waals surface area contributed by atoms with Crippen molar-refractivity contribution in [1.82, 2.24) is 9.62 Å². The summed E-state index contributed by atoms with van der Waals surface area (Å²) in [6.45, 7) is 3.15. The minimum atomic E-state index is -3.44. The third-order valence-corrected chi connectivity index (χ3v) is 8.43. The Morgan fingerprint density at radius 2 is 1.93 bits per heavy atom. The molecule has 0 saturated carbocycles. The average molecular weight is 548 g/mol. The number of nitrogens with one attached hydrogen (secondary N) is 1. The van der Waals surface area contributed by atoms with Crippen molar-refractivity contribution < 1.29 is 13.2 Å². The van der Waals surface area contributed by atoms with Gasteiger partial charge in [0.25, 0.3) is 10.0 Å². The number of hydrogen-bond donors (Lipinski definition) is 1. The zero-order chi connectivity index (χ0) is 19.6. The lowest BCUT2D eigenvalue weighted by Crippen LogP contribution is -2.40. The minimum Gasteiger partial charge on any atom is -0.379 e. The predicted molar refractivity (Wildman–Crippen MR) is 127 cm³/mol. The summed E-state index contributed by atoms with van der Waals surface area (Å²) in [5, 5.41) is 3.37. The van der Waals surface area contributed by atoms with Crippen molar-refractivity contribution in [3.05, 3.63) is 46.8 Å². The van der Waals surface area contributed by atoms with Crippen LogP contribution in [0.1, 0.15) is 10.4 Å². The van der Waals surface area contributed by atoms with Crippen molar-refractivity contribution in [1.29, 1.82) is 0 Å². The molecule has 1 N–H and O–H groups in total. The fraction of sp³-hybridized carbons (Fsp3) is 0.421. The molecule has 0 radical (unpaired) electrons. The van der Waals surface area contributed by atoms with Crippen LogP contribution in [0.15, 0.2) is 45.6 Å². The maximum absolute atomic E-state index is 12.8. The molecule has 10 heteroatoms. The maximum atomic E-state index is 12.8. The minimum absolute atomic E-state index is 0. The smallest absolute Gasteiger partial charge is 0.252 e. The Morgan fingerprint density at radius 3 is 2.69 bits per heavy atom. The largest absolute Gasteiger partial charge is 0.379 e. The fourth-order valence-corrected chi connectivity index (χ4v) is 6.38. The van der Waals surface area contributed by atoms with Gasteiger partial charge in [-0.25, -0.2) is 8.42 Å². The molecule has 1 fully saturated rings. The summed E-state index contributed by atoms with van der Waals surface area (Å²) in [5.41, 5.74) is 2.50. The molecule has 29 heavy (non-hydrogen) atoms. The summed E-state index contributed by atoms with van der Waals surface area (Å²) >= 11 is 1.31. The summed E-state index contributed by atoms with van der Waals surface area (Å²) in [6, 6.07) is 11.9. The lowest BCUT2D eigenvalue weighted by molar-refractivity contribution is 0.0731. The molecule has 4 rings (SSSR count). The van der Waals surface area contributed by atoms with Gasteiger partial charge in [-0.05, 0) is 30.2 Å². The van der Waals surface area contributed by atoms with Gasteiger partial charge in [-0.3, -0.25) is 4.99 Å². The van der Waals surface area contributed by atoms with E-state index in [0.29, 0.717) is 37.1 Å². The molecule has 0 aliphatic carbocycles. The molecular weight excluding hydrogens is 523 g/mol. The summed E-state index contributed by atoms with van der Waals surface area (Å²) in [7, 11) is -1.67. The van der Waals surface area contributed by atoms with Gasteiger partial charge in [0.1, 0.15) is 4.21 Å². The third kappa shape index (κ3) is 4.76. The number of halogens is 1. The van der Waals surface area contributed by atoms with E-state index in [1.165, 1.54) is 26.9 Å². The first kappa shape index (κ1) is 22.5. The van der Waals surface area contributed by atoms with Crippen LogP contribution in [0.3, 0.4) is 0 Å². The molecule has 0 amide bonds. The number of guanidine groups is 1. The van der Waals surface area contributed by atoms with Crippen LogP contribution in [-0.4, -0.2) is 58.6 Å². The highest BCUT2D eigenvalue weighted by Crippen LogP contribution is 2.28. The molecule has 2 aliphatic rings. The summed E-state index contributed by atoms with van der Waals surface area (Å²) in [5.74, 6) is 0.802. The topological polar surface area (TPSA) is 74.2 Å². The number of aliphatic imine (C=N–C) groups is 1. The van der Waals surface area contributed by atoms with Crippen LogP contribution < -0.4 is 10.2 Å². The van der Waals surface area contributed by atoms with Crippen molar-refractivity contribution in [2.45, 2.75) is 17.2 Å². The molecule has 2 aliphatic heterocycles. The standard InChI is InChI=1S/C19H24N4O3S2.HI/c1-20-19(23-9-8-15-4-2-3-5-17(15)23)21-14-16-6-7-18(27-16)28(24,25)22-10-12-26-13-11-22;/h2-7H,8-14H2,1H3,(H,20,21);1H. The van der Waals surface area contributed by atoms with Gasteiger partial charge in [0.2, 0.25) is 0 Å². The Kier molecular flexibility index (Phi) is 7.54. The van der Waals surface area contributed by atoms with Crippen molar-refractivity contribution in [3.8, 4) is 0 Å². The molecule has 0 bridgehead atoms. The summed E-state index contributed by atoms with van der Waals surface area (Å²) in [6.07, 6.45) is 0.998. The van der Waals surface area contributed by atoms with Crippen LogP contribution in [-0.2, 0) is 27.7 Å². The van der Waals surface area contributed by atoms with Gasteiger partial charge in [0, 0.05) is 37.2 Å². The van der Waals surface area contributed by atoms with Crippen molar-refractivity contribution in [3.63, 3.8) is 0 Å². The molecule has 0 atom stereocenters. The molecule has 1 aromatic carbocycles. The van der Waals surface area contributed by atoms with E-state index in [2.05, 4.69) is 33.4 Å². The normalized spacial score (nSPS) is 17.7. The lowest BCUT2D eigenvalue weighted by Gasteiger charge is -2.25. The number of anilines is 1. The van der Waals surface area contributed by atoms with Crippen LogP contribution >= 0.6 is 35.3 Å². The van der Waals surface area contributed by atoms with Crippen LogP contribution in [0.4, 0.5) is 5.69 Å². The lowest BCUT2D eigenvalue weighted by atomic mass is 10.2. The van der Waals surface area contributed by atoms with Gasteiger partial charge < -0.3 is 15.0 Å². The quantitative estimate of drug-likeness (QED) is 0.361. The molecule has 1 aromatic heterocycles. The zero-order valence-electron chi connectivity index (χ0n) is 16.2. The SMILES string of the molecule is CN=C(NCc1ccc(S(=O)(=O)N2CCOCC2)s1)N1CCc2ccccc21.I. The molecule has 3 heterocycles. The van der Waals surface area contributed by atoms with Crippen LogP contribution in [0, 0.1) is 0 Å². The van der Waals surface area contributed by atoms with Crippen LogP contribution in [0.25, 0.3) is 0 Å². The number of hydrogen-bond acceptors (Lipinski definition) is 5. The molecule has 0 unspecified atom stereocenters. The Balaban J connectivity index is 0.00000240. The second-order valence-corrected chi connectivity index (χ2v) is 10.0. The molecule has 2 aromatic rings. The highest BCUT2D eigenvalue weighted by Gasteiger charge is 2.28. The number of thiophene rings is 1. The first-order valence-corrected chi connectivity index (χ1v) is 11.6. The number of fused-ring (bicyclic) bond motifs is 1. The van der Waals surface area contributed by atoms with Crippen molar-refractivity contribution >= 4 is 57.0 Å². The summed E-state index contributed by atoms with van der Waals surface area (Å²) in [4.78, 5) is 7.54. The highest BCUT2D eigenvalue weighted by molar-refractivity contribution is 14.0. The number of rotatable bonds is 4.